The SMILES string of the molecule is CC1=CC=C(c2ccc(-c3c4ccccc4c(-c4ccc(-c5cccc(C)n5)cc4)c4ccccc34)c3ccccc23)CC1. The first-order valence-corrected chi connectivity index (χ1v) is 15.5. The lowest BCUT2D eigenvalue weighted by Crippen LogP contribution is -1.95. The molecule has 1 aromatic heterocycles. The Morgan fingerprint density at radius 1 is 0.432 bits per heavy atom. The Balaban J connectivity index is 1.37. The number of aryl methyl sites for hydroxylation is 1. The van der Waals surface area contributed by atoms with Gasteiger partial charge in [0.2, 0.25) is 0 Å². The fraction of sp³-hybridized carbons (Fsp3) is 0.0930. The van der Waals surface area contributed by atoms with Gasteiger partial charge in [0.05, 0.1) is 5.69 Å². The predicted octanol–water partition coefficient (Wildman–Crippen LogP) is 12.0. The van der Waals surface area contributed by atoms with Gasteiger partial charge in [-0.1, -0.05) is 133 Å². The minimum Gasteiger partial charge on any atom is -0.253 e. The molecule has 0 aliphatic heterocycles. The number of hydrogen-bond donors (Lipinski definition) is 0. The van der Waals surface area contributed by atoms with Gasteiger partial charge in [0.1, 0.15) is 0 Å². The lowest BCUT2D eigenvalue weighted by molar-refractivity contribution is 0.978. The van der Waals surface area contributed by atoms with Crippen LogP contribution in [0.25, 0.3) is 71.4 Å². The van der Waals surface area contributed by atoms with E-state index in [1.54, 1.807) is 0 Å². The number of pyridine rings is 1. The van der Waals surface area contributed by atoms with E-state index < -0.39 is 0 Å². The molecule has 210 valence electrons. The Labute approximate surface area is 258 Å². The highest BCUT2D eigenvalue weighted by Gasteiger charge is 2.19. The first-order valence-electron chi connectivity index (χ1n) is 15.5. The zero-order chi connectivity index (χ0) is 29.6. The highest BCUT2D eigenvalue weighted by atomic mass is 14.7. The number of benzene rings is 6. The van der Waals surface area contributed by atoms with Gasteiger partial charge in [0.15, 0.2) is 0 Å². The first-order chi connectivity index (χ1) is 21.7. The summed E-state index contributed by atoms with van der Waals surface area (Å²) >= 11 is 0. The smallest absolute Gasteiger partial charge is 0.0705 e. The lowest BCUT2D eigenvalue weighted by atomic mass is 9.83. The van der Waals surface area contributed by atoms with Gasteiger partial charge in [0, 0.05) is 11.3 Å². The molecule has 1 heteroatoms. The average molecular weight is 564 g/mol. The minimum atomic E-state index is 1.01. The monoisotopic (exact) mass is 563 g/mol. The second-order valence-electron chi connectivity index (χ2n) is 12.0. The summed E-state index contributed by atoms with van der Waals surface area (Å²) in [7, 11) is 0. The lowest BCUT2D eigenvalue weighted by Gasteiger charge is -2.20. The Hall–Kier alpha value is -5.27. The van der Waals surface area contributed by atoms with Gasteiger partial charge >= 0.3 is 0 Å². The van der Waals surface area contributed by atoms with Crippen molar-refractivity contribution in [2.24, 2.45) is 0 Å². The predicted molar refractivity (Wildman–Crippen MR) is 189 cm³/mol. The van der Waals surface area contributed by atoms with Crippen molar-refractivity contribution >= 4 is 37.9 Å². The van der Waals surface area contributed by atoms with Crippen LogP contribution >= 0.6 is 0 Å². The van der Waals surface area contributed by atoms with Gasteiger partial charge in [-0.25, -0.2) is 0 Å². The molecule has 0 amide bonds. The fourth-order valence-electron chi connectivity index (χ4n) is 7.00. The van der Waals surface area contributed by atoms with E-state index in [-0.39, 0.29) is 0 Å². The van der Waals surface area contributed by atoms with Gasteiger partial charge in [0.25, 0.3) is 0 Å². The third kappa shape index (κ3) is 4.44. The third-order valence-electron chi connectivity index (χ3n) is 9.19. The molecular formula is C43H33N. The Morgan fingerprint density at radius 3 is 1.57 bits per heavy atom. The molecule has 0 atom stereocenters. The van der Waals surface area contributed by atoms with Crippen molar-refractivity contribution in [3.8, 4) is 33.5 Å². The summed E-state index contributed by atoms with van der Waals surface area (Å²) in [5.41, 5.74) is 12.5. The van der Waals surface area contributed by atoms with E-state index in [0.29, 0.717) is 0 Å². The van der Waals surface area contributed by atoms with E-state index in [9.17, 15) is 0 Å². The van der Waals surface area contributed by atoms with Crippen LogP contribution in [0.2, 0.25) is 0 Å². The quantitative estimate of drug-likeness (QED) is 0.194. The van der Waals surface area contributed by atoms with E-state index in [1.165, 1.54) is 71.3 Å². The van der Waals surface area contributed by atoms with Crippen LogP contribution in [0.4, 0.5) is 0 Å². The zero-order valence-corrected chi connectivity index (χ0v) is 25.1. The second kappa shape index (κ2) is 10.8. The summed E-state index contributed by atoms with van der Waals surface area (Å²) in [6.07, 6.45) is 6.82. The topological polar surface area (TPSA) is 12.9 Å². The van der Waals surface area contributed by atoms with Crippen molar-refractivity contribution in [1.82, 2.24) is 4.98 Å². The molecule has 1 heterocycles. The van der Waals surface area contributed by atoms with Crippen LogP contribution in [0.1, 0.15) is 31.0 Å². The Morgan fingerprint density at radius 2 is 0.977 bits per heavy atom. The van der Waals surface area contributed by atoms with Gasteiger partial charge < -0.3 is 0 Å². The van der Waals surface area contributed by atoms with Crippen LogP contribution in [0.15, 0.2) is 145 Å². The van der Waals surface area contributed by atoms with Crippen molar-refractivity contribution in [2.45, 2.75) is 26.7 Å². The summed E-state index contributed by atoms with van der Waals surface area (Å²) < 4.78 is 0. The normalized spacial score (nSPS) is 13.3. The summed E-state index contributed by atoms with van der Waals surface area (Å²) in [6, 6.07) is 46.6. The molecule has 0 radical (unpaired) electrons. The summed E-state index contributed by atoms with van der Waals surface area (Å²) in [5, 5.41) is 7.72. The van der Waals surface area contributed by atoms with Crippen LogP contribution in [-0.2, 0) is 0 Å². The molecule has 1 aliphatic rings. The molecule has 1 nitrogen and oxygen atoms in total. The first kappa shape index (κ1) is 26.4. The van der Waals surface area contributed by atoms with E-state index in [1.807, 2.05) is 13.0 Å². The van der Waals surface area contributed by atoms with Crippen LogP contribution in [0.3, 0.4) is 0 Å². The molecule has 0 spiro atoms. The Bertz CT molecular complexity index is 2230. The van der Waals surface area contributed by atoms with Gasteiger partial charge in [-0.2, -0.15) is 0 Å². The molecular weight excluding hydrogens is 530 g/mol. The maximum absolute atomic E-state index is 4.75. The van der Waals surface area contributed by atoms with Crippen molar-refractivity contribution in [1.29, 1.82) is 0 Å². The third-order valence-corrected chi connectivity index (χ3v) is 9.19. The number of rotatable bonds is 4. The van der Waals surface area contributed by atoms with E-state index in [2.05, 4.69) is 140 Å². The summed E-state index contributed by atoms with van der Waals surface area (Å²) in [6.45, 7) is 4.27. The molecule has 44 heavy (non-hydrogen) atoms. The number of hydrogen-bond acceptors (Lipinski definition) is 1. The van der Waals surface area contributed by atoms with Crippen molar-refractivity contribution in [2.75, 3.05) is 0 Å². The maximum Gasteiger partial charge on any atom is 0.0705 e. The summed E-state index contributed by atoms with van der Waals surface area (Å²) in [4.78, 5) is 4.75. The zero-order valence-electron chi connectivity index (χ0n) is 25.1. The van der Waals surface area contributed by atoms with Crippen LogP contribution in [-0.4, -0.2) is 4.98 Å². The van der Waals surface area contributed by atoms with Crippen LogP contribution < -0.4 is 0 Å². The minimum absolute atomic E-state index is 1.01. The van der Waals surface area contributed by atoms with Crippen molar-refractivity contribution in [3.63, 3.8) is 0 Å². The largest absolute Gasteiger partial charge is 0.253 e. The van der Waals surface area contributed by atoms with Gasteiger partial charge in [-0.05, 0) is 105 Å². The van der Waals surface area contributed by atoms with E-state index in [4.69, 9.17) is 4.98 Å². The number of aromatic nitrogens is 1. The molecule has 7 aromatic rings. The standard InChI is InChI=1S/C43H33N/c1-28-18-20-30(21-19-28)33-26-27-40(35-12-4-3-11-34(33)35)43-38-15-7-5-13-36(38)42(37-14-6-8-16-39(37)43)32-24-22-31(23-25-32)41-17-9-10-29(2)44-41/h3-18,20,22-27H,19,21H2,1-2H3. The highest BCUT2D eigenvalue weighted by Crippen LogP contribution is 2.46. The molecule has 0 unspecified atom stereocenters. The molecule has 0 N–H and O–H groups in total. The van der Waals surface area contributed by atoms with Crippen molar-refractivity contribution < 1.29 is 0 Å². The summed E-state index contributed by atoms with van der Waals surface area (Å²) in [5.74, 6) is 0. The Kier molecular flexibility index (Phi) is 6.46. The van der Waals surface area contributed by atoms with E-state index in [0.717, 1.165) is 29.8 Å². The average Bonchev–Trinajstić information content (AvgIpc) is 3.07. The number of fused-ring (bicyclic) bond motifs is 3. The second-order valence-corrected chi connectivity index (χ2v) is 12.0. The molecule has 0 fully saturated rings. The molecule has 8 rings (SSSR count). The number of allylic oxidation sites excluding steroid dienone is 4. The molecule has 1 aliphatic carbocycles. The van der Waals surface area contributed by atoms with Crippen LogP contribution in [0, 0.1) is 6.92 Å². The molecule has 0 bridgehead atoms. The van der Waals surface area contributed by atoms with Crippen molar-refractivity contribution in [3.05, 3.63) is 156 Å². The fourth-order valence-corrected chi connectivity index (χ4v) is 7.00. The molecule has 0 saturated carbocycles. The molecule has 0 saturated heterocycles. The highest BCUT2D eigenvalue weighted by molar-refractivity contribution is 6.23. The van der Waals surface area contributed by atoms with Gasteiger partial charge in [-0.15, -0.1) is 0 Å². The molecule has 6 aromatic carbocycles. The maximum atomic E-state index is 4.75. The van der Waals surface area contributed by atoms with Crippen LogP contribution in [0.5, 0.6) is 0 Å². The van der Waals surface area contributed by atoms with E-state index >= 15 is 0 Å². The number of nitrogens with zero attached hydrogens (tertiary/aromatic N) is 1. The van der Waals surface area contributed by atoms with Gasteiger partial charge in [-0.3, -0.25) is 4.98 Å².